The molecule has 0 radical (unpaired) electrons. The summed E-state index contributed by atoms with van der Waals surface area (Å²) in [6.45, 7) is 0.327. The van der Waals surface area contributed by atoms with E-state index in [0.717, 1.165) is 30.2 Å². The van der Waals surface area contributed by atoms with Crippen LogP contribution in [-0.2, 0) is 30.8 Å². The molecule has 160 valence electrons. The lowest BCUT2D eigenvalue weighted by molar-refractivity contribution is 0.0468. The maximum absolute atomic E-state index is 12.9. The third kappa shape index (κ3) is 4.14. The van der Waals surface area contributed by atoms with E-state index >= 15 is 0 Å². The summed E-state index contributed by atoms with van der Waals surface area (Å²) in [4.78, 5) is 24.9. The molecule has 3 aromatic carbocycles. The van der Waals surface area contributed by atoms with Crippen molar-refractivity contribution in [2.45, 2.75) is 32.5 Å². The van der Waals surface area contributed by atoms with Crippen molar-refractivity contribution in [2.24, 2.45) is 0 Å². The molecule has 0 unspecified atom stereocenters. The van der Waals surface area contributed by atoms with Crippen LogP contribution in [0, 0.1) is 0 Å². The van der Waals surface area contributed by atoms with Crippen LogP contribution < -0.4 is 10.4 Å². The predicted octanol–water partition coefficient (Wildman–Crippen LogP) is 5.22. The van der Waals surface area contributed by atoms with Crippen LogP contribution in [0.5, 0.6) is 5.75 Å². The van der Waals surface area contributed by atoms with Gasteiger partial charge in [0.25, 0.3) is 0 Å². The first kappa shape index (κ1) is 20.1. The van der Waals surface area contributed by atoms with E-state index in [0.29, 0.717) is 29.1 Å². The zero-order valence-corrected chi connectivity index (χ0v) is 17.5. The smallest absolute Gasteiger partial charge is 0.342 e. The molecule has 5 rings (SSSR count). The number of rotatable bonds is 6. The minimum atomic E-state index is -0.504. The molecule has 0 spiro atoms. The number of fused-ring (bicyclic) bond motifs is 2. The van der Waals surface area contributed by atoms with Gasteiger partial charge < -0.3 is 13.9 Å². The van der Waals surface area contributed by atoms with Crippen molar-refractivity contribution in [2.75, 3.05) is 0 Å². The van der Waals surface area contributed by atoms with Crippen LogP contribution in [0.3, 0.4) is 0 Å². The molecule has 0 amide bonds. The number of esters is 1. The van der Waals surface area contributed by atoms with Gasteiger partial charge in [-0.3, -0.25) is 0 Å². The lowest BCUT2D eigenvalue weighted by Gasteiger charge is -2.12. The third-order valence-electron chi connectivity index (χ3n) is 5.75. The Morgan fingerprint density at radius 3 is 2.47 bits per heavy atom. The van der Waals surface area contributed by atoms with Gasteiger partial charge in [-0.05, 0) is 60.2 Å². The molecule has 1 aliphatic rings. The van der Waals surface area contributed by atoms with Crippen LogP contribution in [0.25, 0.3) is 11.0 Å². The number of aryl methyl sites for hydroxylation is 2. The normalized spacial score (nSPS) is 12.5. The monoisotopic (exact) mass is 426 g/mol. The first-order valence-corrected chi connectivity index (χ1v) is 10.7. The van der Waals surface area contributed by atoms with Crippen molar-refractivity contribution >= 4 is 16.9 Å². The zero-order valence-electron chi connectivity index (χ0n) is 17.5. The quantitative estimate of drug-likeness (QED) is 0.312. The van der Waals surface area contributed by atoms with Gasteiger partial charge in [-0.1, -0.05) is 42.5 Å². The Labute approximate surface area is 185 Å². The van der Waals surface area contributed by atoms with E-state index in [1.165, 1.54) is 17.2 Å². The Morgan fingerprint density at radius 2 is 1.62 bits per heavy atom. The Hall–Kier alpha value is -3.86. The fourth-order valence-electron chi connectivity index (χ4n) is 4.13. The fraction of sp³-hybridized carbons (Fsp3) is 0.185. The van der Waals surface area contributed by atoms with Crippen molar-refractivity contribution in [1.82, 2.24) is 0 Å². The maximum Gasteiger partial charge on any atom is 0.342 e. The highest BCUT2D eigenvalue weighted by molar-refractivity contribution is 5.92. The second kappa shape index (κ2) is 8.71. The highest BCUT2D eigenvalue weighted by Crippen LogP contribution is 2.29. The molecule has 0 aliphatic heterocycles. The van der Waals surface area contributed by atoms with E-state index in [1.807, 2.05) is 42.5 Å². The van der Waals surface area contributed by atoms with Crippen LogP contribution in [0.15, 0.2) is 82.0 Å². The molecule has 0 atom stereocenters. The third-order valence-corrected chi connectivity index (χ3v) is 5.75. The van der Waals surface area contributed by atoms with Gasteiger partial charge in [-0.25, -0.2) is 9.59 Å². The van der Waals surface area contributed by atoms with Crippen molar-refractivity contribution in [3.8, 4) is 5.75 Å². The largest absolute Gasteiger partial charge is 0.488 e. The molecular formula is C27H22O5. The summed E-state index contributed by atoms with van der Waals surface area (Å²) in [5.41, 5.74) is 4.56. The lowest BCUT2D eigenvalue weighted by Crippen LogP contribution is -2.10. The zero-order chi connectivity index (χ0) is 21.9. The lowest BCUT2D eigenvalue weighted by atomic mass is 10.0. The minimum absolute atomic E-state index is 0.0211. The van der Waals surface area contributed by atoms with Crippen molar-refractivity contribution in [1.29, 1.82) is 0 Å². The molecule has 0 bridgehead atoms. The standard InChI is InChI=1S/C27H22O5/c28-26-15-21(23-13-19-9-6-10-20(19)14-25(23)32-26)17-31-27(29)22-11-4-5-12-24(22)30-16-18-7-2-1-3-8-18/h1-5,7-8,11-15H,6,9-10,16-17H2. The summed E-state index contributed by atoms with van der Waals surface area (Å²) in [6.07, 6.45) is 3.10. The van der Waals surface area contributed by atoms with E-state index in [1.54, 1.807) is 18.2 Å². The first-order valence-electron chi connectivity index (χ1n) is 10.7. The number of hydrogen-bond donors (Lipinski definition) is 0. The van der Waals surface area contributed by atoms with Crippen LogP contribution in [0.2, 0.25) is 0 Å². The average Bonchev–Trinajstić information content (AvgIpc) is 3.28. The number of carbonyl (C=O) groups is 1. The molecule has 32 heavy (non-hydrogen) atoms. The van der Waals surface area contributed by atoms with Gasteiger partial charge >= 0.3 is 11.6 Å². The SMILES string of the molecule is O=C(OCc1cc(=O)oc2cc3c(cc12)CCC3)c1ccccc1OCc1ccccc1. The Kier molecular flexibility index (Phi) is 5.46. The highest BCUT2D eigenvalue weighted by atomic mass is 16.5. The Bertz CT molecular complexity index is 1340. The topological polar surface area (TPSA) is 65.7 Å². The van der Waals surface area contributed by atoms with Gasteiger partial charge in [0.1, 0.15) is 30.1 Å². The number of carbonyl (C=O) groups excluding carboxylic acids is 1. The van der Waals surface area contributed by atoms with Crippen LogP contribution in [-0.4, -0.2) is 5.97 Å². The summed E-state index contributed by atoms with van der Waals surface area (Å²) in [5.74, 6) is -0.0483. The second-order valence-corrected chi connectivity index (χ2v) is 7.91. The van der Waals surface area contributed by atoms with Crippen molar-refractivity contribution in [3.63, 3.8) is 0 Å². The van der Waals surface area contributed by atoms with Gasteiger partial charge in [-0.15, -0.1) is 0 Å². The predicted molar refractivity (Wildman–Crippen MR) is 121 cm³/mol. The Morgan fingerprint density at radius 1 is 0.875 bits per heavy atom. The molecule has 1 aromatic heterocycles. The van der Waals surface area contributed by atoms with E-state index < -0.39 is 11.6 Å². The molecule has 5 heteroatoms. The molecule has 0 saturated carbocycles. The van der Waals surface area contributed by atoms with Crippen LogP contribution in [0.1, 0.15) is 39.0 Å². The average molecular weight is 426 g/mol. The van der Waals surface area contributed by atoms with Gasteiger partial charge in [-0.2, -0.15) is 0 Å². The molecule has 0 fully saturated rings. The summed E-state index contributed by atoms with van der Waals surface area (Å²) < 4.78 is 16.9. The summed E-state index contributed by atoms with van der Waals surface area (Å²) in [6, 6.07) is 22.1. The number of benzene rings is 3. The highest BCUT2D eigenvalue weighted by Gasteiger charge is 2.18. The van der Waals surface area contributed by atoms with Gasteiger partial charge in [0, 0.05) is 17.0 Å². The summed E-state index contributed by atoms with van der Waals surface area (Å²) >= 11 is 0. The fourth-order valence-corrected chi connectivity index (χ4v) is 4.13. The molecule has 4 aromatic rings. The number of ether oxygens (including phenoxy) is 2. The van der Waals surface area contributed by atoms with Crippen LogP contribution in [0.4, 0.5) is 0 Å². The summed E-state index contributed by atoms with van der Waals surface area (Å²) in [5, 5.41) is 0.812. The molecule has 1 heterocycles. The number of para-hydroxylation sites is 1. The number of hydrogen-bond acceptors (Lipinski definition) is 5. The molecule has 1 aliphatic carbocycles. The van der Waals surface area contributed by atoms with E-state index in [-0.39, 0.29) is 6.61 Å². The Balaban J connectivity index is 1.35. The maximum atomic E-state index is 12.9. The van der Waals surface area contributed by atoms with Gasteiger partial charge in [0.2, 0.25) is 0 Å². The molecule has 5 nitrogen and oxygen atoms in total. The van der Waals surface area contributed by atoms with E-state index in [4.69, 9.17) is 13.9 Å². The van der Waals surface area contributed by atoms with Crippen LogP contribution >= 0.6 is 0 Å². The molecule has 0 saturated heterocycles. The first-order chi connectivity index (χ1) is 15.7. The van der Waals surface area contributed by atoms with Crippen molar-refractivity contribution < 1.29 is 18.7 Å². The molecule has 0 N–H and O–H groups in total. The van der Waals surface area contributed by atoms with Gasteiger partial charge in [0.05, 0.1) is 0 Å². The van der Waals surface area contributed by atoms with Crippen molar-refractivity contribution in [3.05, 3.63) is 111 Å². The molecular weight excluding hydrogens is 404 g/mol. The summed E-state index contributed by atoms with van der Waals surface area (Å²) in [7, 11) is 0. The van der Waals surface area contributed by atoms with E-state index in [2.05, 4.69) is 6.07 Å². The van der Waals surface area contributed by atoms with E-state index in [9.17, 15) is 9.59 Å². The second-order valence-electron chi connectivity index (χ2n) is 7.91. The minimum Gasteiger partial charge on any atom is -0.488 e. The van der Waals surface area contributed by atoms with Gasteiger partial charge in [0.15, 0.2) is 0 Å².